The summed E-state index contributed by atoms with van der Waals surface area (Å²) in [6.07, 6.45) is 3.10. The zero-order valence-electron chi connectivity index (χ0n) is 14.7. The molecule has 1 aromatic carbocycles. The highest BCUT2D eigenvalue weighted by molar-refractivity contribution is 7.89. The molecule has 1 fully saturated rings. The molecule has 1 aliphatic rings. The minimum absolute atomic E-state index is 0.177. The second-order valence-corrected chi connectivity index (χ2v) is 8.63. The van der Waals surface area contributed by atoms with Crippen molar-refractivity contribution in [1.29, 1.82) is 0 Å². The monoisotopic (exact) mass is 367 g/mol. The molecule has 4 unspecified atom stereocenters. The Kier molecular flexibility index (Phi) is 7.13. The van der Waals surface area contributed by atoms with Crippen LogP contribution in [0.5, 0.6) is 0 Å². The molecule has 2 rings (SSSR count). The highest BCUT2D eigenvalue weighted by Crippen LogP contribution is 2.27. The maximum atomic E-state index is 13.1. The predicted octanol–water partition coefficient (Wildman–Crippen LogP) is 0.951. The van der Waals surface area contributed by atoms with Crippen LogP contribution in [0.2, 0.25) is 0 Å². The standard InChI is InChI=1S/C18H29N3O3S/c1-2-7-16(25(20,23)24)17(15-10-6-11-21-15)18(22)14(19)12-13-8-4-3-5-9-13/h3-5,8-9,14-17,21H,2,6-7,10-12,19H2,1H3,(H2,20,23,24). The fourth-order valence-corrected chi connectivity index (χ4v) is 5.00. The number of hydrogen-bond acceptors (Lipinski definition) is 5. The van der Waals surface area contributed by atoms with E-state index in [4.69, 9.17) is 10.9 Å². The number of nitrogens with two attached hydrogens (primary N) is 2. The van der Waals surface area contributed by atoms with Gasteiger partial charge in [0, 0.05) is 6.04 Å². The van der Waals surface area contributed by atoms with E-state index < -0.39 is 27.2 Å². The predicted molar refractivity (Wildman–Crippen MR) is 99.4 cm³/mol. The lowest BCUT2D eigenvalue weighted by Crippen LogP contribution is -2.53. The molecule has 6 nitrogen and oxygen atoms in total. The first-order valence-corrected chi connectivity index (χ1v) is 10.5. The Morgan fingerprint density at radius 2 is 2.00 bits per heavy atom. The molecule has 0 amide bonds. The van der Waals surface area contributed by atoms with E-state index in [9.17, 15) is 13.2 Å². The molecule has 0 radical (unpaired) electrons. The summed E-state index contributed by atoms with van der Waals surface area (Å²) in [5.74, 6) is -0.910. The average Bonchev–Trinajstić information content (AvgIpc) is 3.08. The molecule has 0 saturated carbocycles. The molecular formula is C18H29N3O3S. The molecule has 7 heteroatoms. The van der Waals surface area contributed by atoms with Gasteiger partial charge in [0.25, 0.3) is 0 Å². The third kappa shape index (κ3) is 5.34. The van der Waals surface area contributed by atoms with Crippen molar-refractivity contribution in [2.45, 2.75) is 56.4 Å². The van der Waals surface area contributed by atoms with Gasteiger partial charge < -0.3 is 11.1 Å². The number of hydrogen-bond donors (Lipinski definition) is 3. The Morgan fingerprint density at radius 1 is 1.32 bits per heavy atom. The van der Waals surface area contributed by atoms with Gasteiger partial charge in [-0.2, -0.15) is 0 Å². The SMILES string of the molecule is CCCC(C(C(=O)C(N)Cc1ccccc1)C1CCCN1)S(N)(=O)=O. The van der Waals surface area contributed by atoms with E-state index in [-0.39, 0.29) is 11.8 Å². The van der Waals surface area contributed by atoms with E-state index in [0.717, 1.165) is 24.9 Å². The third-order valence-electron chi connectivity index (χ3n) is 4.92. The number of ketones is 1. The van der Waals surface area contributed by atoms with Crippen LogP contribution in [0.15, 0.2) is 30.3 Å². The third-order valence-corrected chi connectivity index (χ3v) is 6.29. The first-order valence-electron chi connectivity index (χ1n) is 8.92. The summed E-state index contributed by atoms with van der Waals surface area (Å²) in [5.41, 5.74) is 7.14. The van der Waals surface area contributed by atoms with Gasteiger partial charge in [-0.15, -0.1) is 0 Å². The van der Waals surface area contributed by atoms with Gasteiger partial charge in [0.15, 0.2) is 5.78 Å². The van der Waals surface area contributed by atoms with Gasteiger partial charge in [-0.05, 0) is 37.8 Å². The molecule has 1 aliphatic heterocycles. The fraction of sp³-hybridized carbons (Fsp3) is 0.611. The number of rotatable bonds is 9. The molecule has 4 atom stereocenters. The molecule has 140 valence electrons. The van der Waals surface area contributed by atoms with Crippen molar-refractivity contribution < 1.29 is 13.2 Å². The topological polar surface area (TPSA) is 115 Å². The minimum atomic E-state index is -3.83. The van der Waals surface area contributed by atoms with Gasteiger partial charge in [0.1, 0.15) is 0 Å². The molecule has 0 bridgehead atoms. The van der Waals surface area contributed by atoms with E-state index in [1.165, 1.54) is 0 Å². The van der Waals surface area contributed by atoms with Gasteiger partial charge in [-0.25, -0.2) is 13.6 Å². The number of sulfonamides is 1. The Labute approximate surface area is 150 Å². The van der Waals surface area contributed by atoms with Crippen LogP contribution in [0.1, 0.15) is 38.2 Å². The van der Waals surface area contributed by atoms with Crippen LogP contribution in [0.3, 0.4) is 0 Å². The second-order valence-electron chi connectivity index (χ2n) is 6.84. The number of nitrogens with one attached hydrogen (secondary N) is 1. The van der Waals surface area contributed by atoms with E-state index in [1.807, 2.05) is 37.3 Å². The first kappa shape index (κ1) is 20.0. The number of primary sulfonamides is 1. The normalized spacial score (nSPS) is 21.6. The van der Waals surface area contributed by atoms with E-state index >= 15 is 0 Å². The summed E-state index contributed by atoms with van der Waals surface area (Å²) in [6, 6.07) is 8.61. The lowest BCUT2D eigenvalue weighted by Gasteiger charge is -2.31. The number of carbonyl (C=O) groups is 1. The van der Waals surface area contributed by atoms with Crippen LogP contribution >= 0.6 is 0 Å². The van der Waals surface area contributed by atoms with E-state index in [0.29, 0.717) is 19.3 Å². The number of carbonyl (C=O) groups excluding carboxylic acids is 1. The van der Waals surface area contributed by atoms with Crippen LogP contribution in [0, 0.1) is 5.92 Å². The van der Waals surface area contributed by atoms with Crippen molar-refractivity contribution >= 4 is 15.8 Å². The van der Waals surface area contributed by atoms with Crippen LogP contribution in [-0.4, -0.2) is 38.1 Å². The molecule has 0 aliphatic carbocycles. The van der Waals surface area contributed by atoms with Gasteiger partial charge >= 0.3 is 0 Å². The Balaban J connectivity index is 2.25. The highest BCUT2D eigenvalue weighted by Gasteiger charge is 2.43. The van der Waals surface area contributed by atoms with Crippen LogP contribution in [0.4, 0.5) is 0 Å². The quantitative estimate of drug-likeness (QED) is 0.601. The van der Waals surface area contributed by atoms with Crippen molar-refractivity contribution in [2.75, 3.05) is 6.54 Å². The average molecular weight is 368 g/mol. The first-order chi connectivity index (χ1) is 11.8. The zero-order chi connectivity index (χ0) is 18.4. The minimum Gasteiger partial charge on any atom is -0.321 e. The summed E-state index contributed by atoms with van der Waals surface area (Å²) in [5, 5.41) is 7.86. The molecule has 0 aromatic heterocycles. The number of benzene rings is 1. The molecular weight excluding hydrogens is 338 g/mol. The van der Waals surface area contributed by atoms with Gasteiger partial charge in [-0.1, -0.05) is 43.7 Å². The van der Waals surface area contributed by atoms with Crippen molar-refractivity contribution in [3.8, 4) is 0 Å². The fourth-order valence-electron chi connectivity index (χ4n) is 3.71. The van der Waals surface area contributed by atoms with Gasteiger partial charge in [-0.3, -0.25) is 4.79 Å². The largest absolute Gasteiger partial charge is 0.321 e. The number of Topliss-reactive ketones (excluding diaryl/α,β-unsaturated/α-hetero) is 1. The van der Waals surface area contributed by atoms with Crippen LogP contribution in [-0.2, 0) is 21.2 Å². The lowest BCUT2D eigenvalue weighted by atomic mass is 9.84. The van der Waals surface area contributed by atoms with Crippen LogP contribution in [0.25, 0.3) is 0 Å². The molecule has 1 heterocycles. The summed E-state index contributed by atoms with van der Waals surface area (Å²) in [7, 11) is -3.83. The zero-order valence-corrected chi connectivity index (χ0v) is 15.5. The second kappa shape index (κ2) is 8.89. The van der Waals surface area contributed by atoms with Crippen molar-refractivity contribution in [3.63, 3.8) is 0 Å². The van der Waals surface area contributed by atoms with E-state index in [1.54, 1.807) is 0 Å². The maximum Gasteiger partial charge on any atom is 0.212 e. The molecule has 1 saturated heterocycles. The van der Waals surface area contributed by atoms with Crippen molar-refractivity contribution in [1.82, 2.24) is 5.32 Å². The molecule has 25 heavy (non-hydrogen) atoms. The Hall–Kier alpha value is -1.28. The smallest absolute Gasteiger partial charge is 0.212 e. The molecule has 1 aromatic rings. The molecule has 5 N–H and O–H groups in total. The summed E-state index contributed by atoms with van der Waals surface area (Å²) < 4.78 is 24.3. The summed E-state index contributed by atoms with van der Waals surface area (Å²) in [6.45, 7) is 2.68. The van der Waals surface area contributed by atoms with Crippen molar-refractivity contribution in [2.24, 2.45) is 16.8 Å². The van der Waals surface area contributed by atoms with E-state index in [2.05, 4.69) is 5.32 Å². The van der Waals surface area contributed by atoms with Gasteiger partial charge in [0.2, 0.25) is 10.0 Å². The Morgan fingerprint density at radius 3 is 2.52 bits per heavy atom. The van der Waals surface area contributed by atoms with Crippen molar-refractivity contribution in [3.05, 3.63) is 35.9 Å². The lowest BCUT2D eigenvalue weighted by molar-refractivity contribution is -0.125. The molecule has 0 spiro atoms. The van der Waals surface area contributed by atoms with Crippen LogP contribution < -0.4 is 16.2 Å². The summed E-state index contributed by atoms with van der Waals surface area (Å²) >= 11 is 0. The highest BCUT2D eigenvalue weighted by atomic mass is 32.2. The summed E-state index contributed by atoms with van der Waals surface area (Å²) in [4.78, 5) is 13.1. The Bertz CT molecular complexity index is 657. The van der Waals surface area contributed by atoms with Gasteiger partial charge in [0.05, 0.1) is 17.2 Å². The maximum absolute atomic E-state index is 13.1.